The molecular formula is C17H20N6O5. The lowest BCUT2D eigenvalue weighted by molar-refractivity contribution is -0.384. The molecule has 1 aliphatic rings. The number of nitrogens with zero attached hydrogens (tertiary/aromatic N) is 4. The lowest BCUT2D eigenvalue weighted by Crippen LogP contribution is -2.56. The summed E-state index contributed by atoms with van der Waals surface area (Å²) in [4.78, 5) is 45.0. The molecule has 1 fully saturated rings. The zero-order valence-corrected chi connectivity index (χ0v) is 14.9. The third kappa shape index (κ3) is 4.26. The monoisotopic (exact) mass is 388 g/mol. The van der Waals surface area contributed by atoms with Crippen molar-refractivity contribution in [2.24, 2.45) is 0 Å². The Morgan fingerprint density at radius 1 is 1.25 bits per heavy atom. The summed E-state index contributed by atoms with van der Waals surface area (Å²) in [6, 6.07) is 5.20. The molecule has 28 heavy (non-hydrogen) atoms. The summed E-state index contributed by atoms with van der Waals surface area (Å²) in [5.74, 6) is -0.881. The number of amides is 2. The zero-order valence-electron chi connectivity index (χ0n) is 14.9. The van der Waals surface area contributed by atoms with E-state index in [2.05, 4.69) is 15.3 Å². The molecule has 0 aliphatic carbocycles. The molecule has 3 rings (SSSR count). The van der Waals surface area contributed by atoms with E-state index in [1.54, 1.807) is 17.0 Å². The van der Waals surface area contributed by atoms with E-state index in [4.69, 9.17) is 0 Å². The first-order chi connectivity index (χ1) is 13.5. The highest BCUT2D eigenvalue weighted by molar-refractivity contribution is 5.96. The van der Waals surface area contributed by atoms with Crippen molar-refractivity contribution in [2.45, 2.75) is 6.04 Å². The third-order valence-corrected chi connectivity index (χ3v) is 4.55. The molecule has 1 aromatic carbocycles. The summed E-state index contributed by atoms with van der Waals surface area (Å²) < 4.78 is 0. The second kappa shape index (κ2) is 8.48. The highest BCUT2D eigenvalue weighted by atomic mass is 16.6. The molecule has 0 radical (unpaired) electrons. The van der Waals surface area contributed by atoms with Crippen LogP contribution in [0.15, 0.2) is 36.8 Å². The first kappa shape index (κ1) is 19.3. The van der Waals surface area contributed by atoms with E-state index >= 15 is 0 Å². The predicted octanol–water partition coefficient (Wildman–Crippen LogP) is -0.243. The number of hydrogen-bond donors (Lipinski definition) is 3. The van der Waals surface area contributed by atoms with Gasteiger partial charge in [0.2, 0.25) is 5.91 Å². The lowest BCUT2D eigenvalue weighted by atomic mass is 10.2. The Hall–Kier alpha value is -3.47. The maximum absolute atomic E-state index is 12.6. The van der Waals surface area contributed by atoms with Crippen LogP contribution < -0.4 is 10.2 Å². The molecular weight excluding hydrogens is 368 g/mol. The van der Waals surface area contributed by atoms with E-state index in [0.717, 1.165) is 5.69 Å². The summed E-state index contributed by atoms with van der Waals surface area (Å²) in [5.41, 5.74) is 1.06. The minimum Gasteiger partial charge on any atom is -0.394 e. The number of nitro groups is 1. The van der Waals surface area contributed by atoms with E-state index in [-0.39, 0.29) is 17.3 Å². The van der Waals surface area contributed by atoms with Crippen LogP contribution in [0.3, 0.4) is 0 Å². The zero-order chi connectivity index (χ0) is 20.1. The van der Waals surface area contributed by atoms with Crippen LogP contribution >= 0.6 is 0 Å². The van der Waals surface area contributed by atoms with Crippen LogP contribution in [0.1, 0.15) is 10.5 Å². The molecule has 0 unspecified atom stereocenters. The van der Waals surface area contributed by atoms with Crippen molar-refractivity contribution in [3.8, 4) is 0 Å². The molecule has 1 aromatic heterocycles. The van der Waals surface area contributed by atoms with Crippen LogP contribution in [0.4, 0.5) is 11.4 Å². The Morgan fingerprint density at radius 3 is 2.46 bits per heavy atom. The van der Waals surface area contributed by atoms with Crippen LogP contribution in [0.5, 0.6) is 0 Å². The quantitative estimate of drug-likeness (QED) is 0.457. The predicted molar refractivity (Wildman–Crippen MR) is 98.8 cm³/mol. The number of piperazine rings is 1. The number of H-pyrrole nitrogens is 1. The van der Waals surface area contributed by atoms with Crippen molar-refractivity contribution < 1.29 is 19.6 Å². The average Bonchev–Trinajstić information content (AvgIpc) is 3.26. The van der Waals surface area contributed by atoms with E-state index < -0.39 is 23.5 Å². The van der Waals surface area contributed by atoms with Gasteiger partial charge in [0.15, 0.2) is 0 Å². The van der Waals surface area contributed by atoms with Gasteiger partial charge in [-0.15, -0.1) is 0 Å². The molecule has 11 heteroatoms. The van der Waals surface area contributed by atoms with E-state index in [1.165, 1.54) is 24.7 Å². The summed E-state index contributed by atoms with van der Waals surface area (Å²) in [7, 11) is 0. The van der Waals surface area contributed by atoms with Gasteiger partial charge in [-0.05, 0) is 12.1 Å². The Morgan fingerprint density at radius 2 is 1.93 bits per heavy atom. The molecule has 1 aliphatic heterocycles. The highest BCUT2D eigenvalue weighted by Gasteiger charge is 2.29. The maximum atomic E-state index is 12.6. The highest BCUT2D eigenvalue weighted by Crippen LogP contribution is 2.20. The minimum absolute atomic E-state index is 0.0244. The number of nitrogens with one attached hydrogen (secondary N) is 2. The van der Waals surface area contributed by atoms with Crippen LogP contribution in [-0.4, -0.2) is 75.5 Å². The van der Waals surface area contributed by atoms with Crippen molar-refractivity contribution >= 4 is 23.2 Å². The molecule has 0 spiro atoms. The molecule has 0 saturated carbocycles. The molecule has 1 atom stereocenters. The van der Waals surface area contributed by atoms with E-state index in [9.17, 15) is 24.8 Å². The van der Waals surface area contributed by atoms with Crippen molar-refractivity contribution in [2.75, 3.05) is 37.7 Å². The fourth-order valence-electron chi connectivity index (χ4n) is 2.99. The summed E-state index contributed by atoms with van der Waals surface area (Å²) in [6.45, 7) is 1.38. The van der Waals surface area contributed by atoms with Crippen LogP contribution in [-0.2, 0) is 4.79 Å². The molecule has 11 nitrogen and oxygen atoms in total. The van der Waals surface area contributed by atoms with Gasteiger partial charge in [0.1, 0.15) is 11.7 Å². The SMILES string of the molecule is O=C(N[C@@H](CO)C(=O)N1CCN(c2ccc([N+](=O)[O-])cc2)CC1)c1cnc[nH]1. The molecule has 148 valence electrons. The molecule has 0 bridgehead atoms. The number of carbonyl (C=O) groups is 2. The fourth-order valence-corrected chi connectivity index (χ4v) is 2.99. The summed E-state index contributed by atoms with van der Waals surface area (Å²) in [5, 5.41) is 22.8. The average molecular weight is 388 g/mol. The van der Waals surface area contributed by atoms with Crippen molar-refractivity contribution in [1.29, 1.82) is 0 Å². The van der Waals surface area contributed by atoms with Gasteiger partial charge in [0.25, 0.3) is 11.6 Å². The molecule has 2 heterocycles. The van der Waals surface area contributed by atoms with Gasteiger partial charge in [0.05, 0.1) is 24.1 Å². The Bertz CT molecular complexity index is 830. The number of benzene rings is 1. The number of imidazole rings is 1. The maximum Gasteiger partial charge on any atom is 0.270 e. The molecule has 1 saturated heterocycles. The number of nitro benzene ring substituents is 1. The van der Waals surface area contributed by atoms with Gasteiger partial charge < -0.3 is 25.2 Å². The number of rotatable bonds is 6. The van der Waals surface area contributed by atoms with Crippen molar-refractivity contribution in [1.82, 2.24) is 20.2 Å². The van der Waals surface area contributed by atoms with Gasteiger partial charge in [-0.1, -0.05) is 0 Å². The molecule has 2 amide bonds. The molecule has 2 aromatic rings. The van der Waals surface area contributed by atoms with Gasteiger partial charge >= 0.3 is 0 Å². The van der Waals surface area contributed by atoms with E-state index in [1.807, 2.05) is 4.90 Å². The fraction of sp³-hybridized carbons (Fsp3) is 0.353. The normalized spacial score (nSPS) is 15.2. The first-order valence-corrected chi connectivity index (χ1v) is 8.68. The minimum atomic E-state index is -1.04. The van der Waals surface area contributed by atoms with Gasteiger partial charge in [-0.25, -0.2) is 4.98 Å². The van der Waals surface area contributed by atoms with Crippen LogP contribution in [0.2, 0.25) is 0 Å². The Labute approximate surface area is 160 Å². The van der Waals surface area contributed by atoms with Gasteiger partial charge in [-0.2, -0.15) is 0 Å². The Kier molecular flexibility index (Phi) is 5.84. The number of aliphatic hydroxyl groups is 1. The number of anilines is 1. The standard InChI is InChI=1S/C17H20N6O5/c24-10-15(20-16(25)14-9-18-11-19-14)17(26)22-7-5-21(6-8-22)12-1-3-13(4-2-12)23(27)28/h1-4,9,11,15,24H,5-8,10H2,(H,18,19)(H,20,25)/t15-/m0/s1. The van der Waals surface area contributed by atoms with Gasteiger partial charge in [-0.3, -0.25) is 19.7 Å². The number of hydrogen-bond acceptors (Lipinski definition) is 7. The lowest BCUT2D eigenvalue weighted by Gasteiger charge is -2.37. The smallest absolute Gasteiger partial charge is 0.270 e. The number of carbonyl (C=O) groups excluding carboxylic acids is 2. The number of aliphatic hydroxyl groups excluding tert-OH is 1. The van der Waals surface area contributed by atoms with E-state index in [0.29, 0.717) is 26.2 Å². The van der Waals surface area contributed by atoms with Crippen molar-refractivity contribution in [3.05, 3.63) is 52.6 Å². The topological polar surface area (TPSA) is 145 Å². The number of non-ortho nitro benzene ring substituents is 1. The second-order valence-corrected chi connectivity index (χ2v) is 6.26. The summed E-state index contributed by atoms with van der Waals surface area (Å²) >= 11 is 0. The van der Waals surface area contributed by atoms with Crippen molar-refractivity contribution in [3.63, 3.8) is 0 Å². The molecule has 3 N–H and O–H groups in total. The summed E-state index contributed by atoms with van der Waals surface area (Å²) in [6.07, 6.45) is 2.68. The second-order valence-electron chi connectivity index (χ2n) is 6.26. The van der Waals surface area contributed by atoms with Crippen LogP contribution in [0, 0.1) is 10.1 Å². The van der Waals surface area contributed by atoms with Crippen LogP contribution in [0.25, 0.3) is 0 Å². The Balaban J connectivity index is 1.56. The number of aromatic nitrogens is 2. The first-order valence-electron chi connectivity index (χ1n) is 8.68. The number of aromatic amines is 1. The van der Waals surface area contributed by atoms with Gasteiger partial charge in [0, 0.05) is 44.0 Å². The third-order valence-electron chi connectivity index (χ3n) is 4.55. The largest absolute Gasteiger partial charge is 0.394 e.